The fourth-order valence-corrected chi connectivity index (χ4v) is 2.41. The number of nitrogens with zero attached hydrogens (tertiary/aromatic N) is 1. The molecule has 0 saturated heterocycles. The van der Waals surface area contributed by atoms with Crippen molar-refractivity contribution in [2.45, 2.75) is 25.2 Å². The van der Waals surface area contributed by atoms with Gasteiger partial charge in [-0.1, -0.05) is 18.6 Å². The molecular formula is C14H18NO3+. The van der Waals surface area contributed by atoms with E-state index in [1.54, 1.807) is 12.1 Å². The third-order valence-electron chi connectivity index (χ3n) is 3.67. The zero-order valence-electron chi connectivity index (χ0n) is 10.8. The van der Waals surface area contributed by atoms with Gasteiger partial charge in [-0.25, -0.2) is 0 Å². The van der Waals surface area contributed by atoms with Gasteiger partial charge in [-0.15, -0.1) is 0 Å². The molecule has 1 fully saturated rings. The third-order valence-corrected chi connectivity index (χ3v) is 3.67. The van der Waals surface area contributed by atoms with E-state index in [1.165, 1.54) is 20.6 Å². The highest BCUT2D eigenvalue weighted by Gasteiger charge is 2.35. The van der Waals surface area contributed by atoms with Crippen LogP contribution in [-0.2, 0) is 9.53 Å². The minimum Gasteiger partial charge on any atom is -0.469 e. The SMILES string of the molecule is COC(=O)C(c1cccc([N+](C)=O)c1)C1CCC1. The molecule has 2 rings (SSSR count). The van der Waals surface area contributed by atoms with E-state index in [0.717, 1.165) is 23.2 Å². The second-order valence-electron chi connectivity index (χ2n) is 4.78. The summed E-state index contributed by atoms with van der Waals surface area (Å²) in [7, 11) is 2.87. The quantitative estimate of drug-likeness (QED) is 0.608. The summed E-state index contributed by atoms with van der Waals surface area (Å²) in [6.07, 6.45) is 3.27. The molecule has 18 heavy (non-hydrogen) atoms. The molecule has 1 aliphatic rings. The fraction of sp³-hybridized carbons (Fsp3) is 0.500. The average molecular weight is 248 g/mol. The van der Waals surface area contributed by atoms with E-state index in [1.807, 2.05) is 12.1 Å². The number of nitroso groups, excluding NO2 is 1. The Morgan fingerprint density at radius 1 is 1.44 bits per heavy atom. The van der Waals surface area contributed by atoms with Crippen molar-refractivity contribution >= 4 is 11.7 Å². The second-order valence-corrected chi connectivity index (χ2v) is 4.78. The van der Waals surface area contributed by atoms with Gasteiger partial charge in [0.1, 0.15) is 0 Å². The summed E-state index contributed by atoms with van der Waals surface area (Å²) >= 11 is 0. The molecule has 0 aliphatic heterocycles. The molecule has 96 valence electrons. The van der Waals surface area contributed by atoms with Gasteiger partial charge in [0.2, 0.25) is 0 Å². The molecule has 0 radical (unpaired) electrons. The summed E-state index contributed by atoms with van der Waals surface area (Å²) < 4.78 is 5.70. The largest absolute Gasteiger partial charge is 0.469 e. The minimum absolute atomic E-state index is 0.203. The van der Waals surface area contributed by atoms with Crippen LogP contribution in [0.15, 0.2) is 24.3 Å². The molecule has 0 bridgehead atoms. The van der Waals surface area contributed by atoms with Crippen LogP contribution in [-0.4, -0.2) is 24.9 Å². The Balaban J connectivity index is 2.32. The van der Waals surface area contributed by atoms with Gasteiger partial charge in [0.25, 0.3) is 5.69 Å². The monoisotopic (exact) mass is 248 g/mol. The van der Waals surface area contributed by atoms with E-state index in [2.05, 4.69) is 0 Å². The Hall–Kier alpha value is -1.71. The van der Waals surface area contributed by atoms with Crippen LogP contribution in [0.2, 0.25) is 0 Å². The van der Waals surface area contributed by atoms with Crippen molar-refractivity contribution in [3.63, 3.8) is 0 Å². The molecule has 1 aromatic carbocycles. The molecule has 0 amide bonds. The van der Waals surface area contributed by atoms with Crippen molar-refractivity contribution in [3.05, 3.63) is 34.7 Å². The lowest BCUT2D eigenvalue weighted by atomic mass is 9.73. The minimum atomic E-state index is -0.233. The van der Waals surface area contributed by atoms with Crippen molar-refractivity contribution in [1.82, 2.24) is 0 Å². The van der Waals surface area contributed by atoms with Gasteiger partial charge in [-0.05, 0) is 24.3 Å². The van der Waals surface area contributed by atoms with Crippen molar-refractivity contribution in [3.8, 4) is 0 Å². The molecule has 0 spiro atoms. The summed E-state index contributed by atoms with van der Waals surface area (Å²) in [5, 5.41) is 0. The van der Waals surface area contributed by atoms with E-state index in [9.17, 15) is 9.70 Å². The van der Waals surface area contributed by atoms with E-state index in [4.69, 9.17) is 4.74 Å². The Morgan fingerprint density at radius 3 is 2.67 bits per heavy atom. The Kier molecular flexibility index (Phi) is 3.75. The van der Waals surface area contributed by atoms with Crippen LogP contribution < -0.4 is 0 Å². The van der Waals surface area contributed by atoms with Crippen molar-refractivity contribution < 1.29 is 14.3 Å². The summed E-state index contributed by atoms with van der Waals surface area (Å²) in [6, 6.07) is 7.24. The molecule has 1 atom stereocenters. The topological polar surface area (TPSA) is 46.4 Å². The summed E-state index contributed by atoms with van der Waals surface area (Å²) in [5.41, 5.74) is 1.45. The maximum Gasteiger partial charge on any atom is 0.313 e. The fourth-order valence-electron chi connectivity index (χ4n) is 2.41. The molecule has 0 aromatic heterocycles. The second kappa shape index (κ2) is 5.29. The van der Waals surface area contributed by atoms with Gasteiger partial charge in [0.05, 0.1) is 13.0 Å². The Bertz CT molecular complexity index is 466. The normalized spacial score (nSPS) is 16.8. The number of hydrogen-bond donors (Lipinski definition) is 0. The lowest BCUT2D eigenvalue weighted by Gasteiger charge is -2.32. The zero-order chi connectivity index (χ0) is 13.1. The van der Waals surface area contributed by atoms with Gasteiger partial charge in [0, 0.05) is 21.8 Å². The first kappa shape index (κ1) is 12.7. The van der Waals surface area contributed by atoms with Crippen LogP contribution in [0.5, 0.6) is 0 Å². The molecule has 1 saturated carbocycles. The van der Waals surface area contributed by atoms with Gasteiger partial charge in [-0.3, -0.25) is 4.79 Å². The first-order valence-electron chi connectivity index (χ1n) is 6.22. The number of hydrogen-bond acceptors (Lipinski definition) is 3. The first-order valence-corrected chi connectivity index (χ1v) is 6.22. The Labute approximate surface area is 107 Å². The molecule has 0 N–H and O–H groups in total. The molecule has 1 unspecified atom stereocenters. The van der Waals surface area contributed by atoms with E-state index in [0.29, 0.717) is 11.6 Å². The maximum atomic E-state index is 11.9. The van der Waals surface area contributed by atoms with E-state index < -0.39 is 0 Å². The van der Waals surface area contributed by atoms with Crippen LogP contribution in [0.4, 0.5) is 5.69 Å². The first-order chi connectivity index (χ1) is 8.63. The number of benzene rings is 1. The van der Waals surface area contributed by atoms with Crippen molar-refractivity contribution in [1.29, 1.82) is 0 Å². The predicted molar refractivity (Wildman–Crippen MR) is 67.8 cm³/mol. The van der Waals surface area contributed by atoms with Gasteiger partial charge in [0.15, 0.2) is 7.05 Å². The predicted octanol–water partition coefficient (Wildman–Crippen LogP) is 2.78. The van der Waals surface area contributed by atoms with Crippen LogP contribution >= 0.6 is 0 Å². The highest BCUT2D eigenvalue weighted by molar-refractivity contribution is 5.78. The number of carbonyl (C=O) groups is 1. The summed E-state index contributed by atoms with van der Waals surface area (Å²) in [5.74, 6) is -0.0845. The van der Waals surface area contributed by atoms with Crippen molar-refractivity contribution in [2.75, 3.05) is 14.2 Å². The molecule has 4 heteroatoms. The van der Waals surface area contributed by atoms with Crippen LogP contribution in [0.1, 0.15) is 30.7 Å². The van der Waals surface area contributed by atoms with E-state index >= 15 is 0 Å². The van der Waals surface area contributed by atoms with Crippen LogP contribution in [0.3, 0.4) is 0 Å². The number of ether oxygens (including phenoxy) is 1. The highest BCUT2D eigenvalue weighted by Crippen LogP contribution is 2.40. The standard InChI is InChI=1S/C14H18NO3/c1-15(17)12-8-4-7-11(9-12)13(14(16)18-2)10-5-3-6-10/h4,7-10,13H,3,5-6H2,1-2H3/q+1. The van der Waals surface area contributed by atoms with Crippen LogP contribution in [0.25, 0.3) is 0 Å². The maximum absolute atomic E-state index is 11.9. The number of esters is 1. The number of carbonyl (C=O) groups excluding carboxylic acids is 1. The Morgan fingerprint density at radius 2 is 2.17 bits per heavy atom. The van der Waals surface area contributed by atoms with E-state index in [-0.39, 0.29) is 11.9 Å². The van der Waals surface area contributed by atoms with Crippen molar-refractivity contribution in [2.24, 2.45) is 5.92 Å². The zero-order valence-corrected chi connectivity index (χ0v) is 10.8. The summed E-state index contributed by atoms with van der Waals surface area (Å²) in [6.45, 7) is 0. The van der Waals surface area contributed by atoms with Gasteiger partial charge >= 0.3 is 5.97 Å². The van der Waals surface area contributed by atoms with Crippen LogP contribution in [0, 0.1) is 10.8 Å². The molecular weight excluding hydrogens is 230 g/mol. The molecule has 1 aromatic rings. The molecule has 1 aliphatic carbocycles. The number of rotatable bonds is 4. The van der Waals surface area contributed by atoms with Gasteiger partial charge < -0.3 is 4.74 Å². The lowest BCUT2D eigenvalue weighted by Crippen LogP contribution is -2.27. The number of methoxy groups -OCH3 is 1. The lowest BCUT2D eigenvalue weighted by molar-refractivity contribution is -0.428. The molecule has 4 nitrogen and oxygen atoms in total. The smallest absolute Gasteiger partial charge is 0.313 e. The average Bonchev–Trinajstić information content (AvgIpc) is 2.32. The summed E-state index contributed by atoms with van der Waals surface area (Å²) in [4.78, 5) is 23.2. The highest BCUT2D eigenvalue weighted by atomic mass is 16.5. The molecule has 0 heterocycles. The van der Waals surface area contributed by atoms with Gasteiger partial charge in [-0.2, -0.15) is 0 Å². The third kappa shape index (κ3) is 2.42.